The Hall–Kier alpha value is -3.44. The van der Waals surface area contributed by atoms with Crippen molar-refractivity contribution in [3.63, 3.8) is 0 Å². The third-order valence-electron chi connectivity index (χ3n) is 4.52. The Morgan fingerprint density at radius 1 is 0.786 bits per heavy atom. The van der Waals surface area contributed by atoms with Crippen LogP contribution in [0.25, 0.3) is 0 Å². The van der Waals surface area contributed by atoms with E-state index in [1.165, 1.54) is 0 Å². The van der Waals surface area contributed by atoms with Crippen LogP contribution in [0.4, 0.5) is 5.69 Å². The van der Waals surface area contributed by atoms with Gasteiger partial charge in [0.2, 0.25) is 5.91 Å². The Kier molecular flexibility index (Phi) is 6.54. The van der Waals surface area contributed by atoms with Crippen LogP contribution < -0.4 is 10.8 Å². The van der Waals surface area contributed by atoms with E-state index in [1.807, 2.05) is 60.7 Å². The third-order valence-corrected chi connectivity index (χ3v) is 4.52. The molecule has 0 saturated heterocycles. The maximum absolute atomic E-state index is 12.2. The summed E-state index contributed by atoms with van der Waals surface area (Å²) in [5.74, 6) is -1.20. The van der Waals surface area contributed by atoms with Crippen molar-refractivity contribution in [3.8, 4) is 0 Å². The number of hydroxylamine groups is 1. The van der Waals surface area contributed by atoms with Crippen molar-refractivity contribution in [1.82, 2.24) is 5.48 Å². The SMILES string of the molecule is O=C(CCc1ccccc1)Nc1ccc(C(C(=O)NO)c2ccccc2)cc1. The predicted molar refractivity (Wildman–Crippen MR) is 108 cm³/mol. The number of aryl methyl sites for hydroxylation is 1. The molecule has 3 aromatic rings. The first-order valence-electron chi connectivity index (χ1n) is 9.10. The van der Waals surface area contributed by atoms with Gasteiger partial charge in [0.05, 0.1) is 5.92 Å². The molecule has 142 valence electrons. The van der Waals surface area contributed by atoms with Gasteiger partial charge in [-0.2, -0.15) is 0 Å². The zero-order valence-corrected chi connectivity index (χ0v) is 15.3. The first kappa shape index (κ1) is 19.3. The average molecular weight is 374 g/mol. The largest absolute Gasteiger partial charge is 0.326 e. The molecule has 0 radical (unpaired) electrons. The second-order valence-corrected chi connectivity index (χ2v) is 6.48. The van der Waals surface area contributed by atoms with E-state index in [-0.39, 0.29) is 5.91 Å². The lowest BCUT2D eigenvalue weighted by Crippen LogP contribution is -2.27. The molecule has 3 N–H and O–H groups in total. The van der Waals surface area contributed by atoms with Gasteiger partial charge in [0.25, 0.3) is 5.91 Å². The topological polar surface area (TPSA) is 78.4 Å². The van der Waals surface area contributed by atoms with Crippen LogP contribution in [0.3, 0.4) is 0 Å². The number of carbonyl (C=O) groups is 2. The van der Waals surface area contributed by atoms with Crippen molar-refractivity contribution in [2.24, 2.45) is 0 Å². The molecular formula is C23H22N2O3. The van der Waals surface area contributed by atoms with Crippen LogP contribution in [0.5, 0.6) is 0 Å². The van der Waals surface area contributed by atoms with Crippen molar-refractivity contribution >= 4 is 17.5 Å². The number of anilines is 1. The van der Waals surface area contributed by atoms with E-state index in [9.17, 15) is 9.59 Å². The van der Waals surface area contributed by atoms with Crippen molar-refractivity contribution < 1.29 is 14.8 Å². The summed E-state index contributed by atoms with van der Waals surface area (Å²) in [5.41, 5.74) is 5.01. The first-order valence-corrected chi connectivity index (χ1v) is 9.10. The van der Waals surface area contributed by atoms with Crippen molar-refractivity contribution in [1.29, 1.82) is 0 Å². The summed E-state index contributed by atoms with van der Waals surface area (Å²) in [6, 6.07) is 26.1. The van der Waals surface area contributed by atoms with E-state index >= 15 is 0 Å². The van der Waals surface area contributed by atoms with Gasteiger partial charge in [-0.15, -0.1) is 0 Å². The normalized spacial score (nSPS) is 11.5. The number of carbonyl (C=O) groups excluding carboxylic acids is 2. The van der Waals surface area contributed by atoms with Gasteiger partial charge in [0.15, 0.2) is 0 Å². The maximum atomic E-state index is 12.2. The third kappa shape index (κ3) is 5.05. The smallest absolute Gasteiger partial charge is 0.255 e. The molecule has 3 aromatic carbocycles. The molecule has 0 saturated carbocycles. The van der Waals surface area contributed by atoms with Crippen LogP contribution in [-0.4, -0.2) is 17.0 Å². The molecule has 5 nitrogen and oxygen atoms in total. The van der Waals surface area contributed by atoms with Crippen LogP contribution in [-0.2, 0) is 16.0 Å². The molecule has 0 bridgehead atoms. The standard InChI is InChI=1S/C23H22N2O3/c26-21(16-11-17-7-3-1-4-8-17)24-20-14-12-19(13-15-20)22(23(27)25-28)18-9-5-2-6-10-18/h1-10,12-15,22,28H,11,16H2,(H,24,26)(H,25,27). The van der Waals surface area contributed by atoms with Crippen molar-refractivity contribution in [2.75, 3.05) is 5.32 Å². The lowest BCUT2D eigenvalue weighted by Gasteiger charge is -2.16. The molecule has 1 unspecified atom stereocenters. The highest BCUT2D eigenvalue weighted by Gasteiger charge is 2.22. The second kappa shape index (κ2) is 9.48. The highest BCUT2D eigenvalue weighted by molar-refractivity contribution is 5.91. The molecule has 28 heavy (non-hydrogen) atoms. The monoisotopic (exact) mass is 374 g/mol. The molecule has 2 amide bonds. The van der Waals surface area contributed by atoms with Crippen molar-refractivity contribution in [2.45, 2.75) is 18.8 Å². The number of hydrogen-bond donors (Lipinski definition) is 3. The minimum atomic E-state index is -0.631. The van der Waals surface area contributed by atoms with E-state index in [0.29, 0.717) is 18.5 Å². The van der Waals surface area contributed by atoms with Gasteiger partial charge in [-0.1, -0.05) is 72.8 Å². The van der Waals surface area contributed by atoms with Gasteiger partial charge in [-0.25, -0.2) is 5.48 Å². The van der Waals surface area contributed by atoms with Crippen LogP contribution >= 0.6 is 0 Å². The molecule has 3 rings (SSSR count). The molecule has 5 heteroatoms. The highest BCUT2D eigenvalue weighted by atomic mass is 16.5. The van der Waals surface area contributed by atoms with E-state index in [4.69, 9.17) is 5.21 Å². The van der Waals surface area contributed by atoms with Crippen LogP contribution in [0.15, 0.2) is 84.9 Å². The molecular weight excluding hydrogens is 352 g/mol. The number of nitrogens with one attached hydrogen (secondary N) is 2. The summed E-state index contributed by atoms with van der Waals surface area (Å²) in [6.45, 7) is 0. The number of benzene rings is 3. The van der Waals surface area contributed by atoms with E-state index in [1.54, 1.807) is 29.7 Å². The summed E-state index contributed by atoms with van der Waals surface area (Å²) in [4.78, 5) is 24.3. The van der Waals surface area contributed by atoms with Gasteiger partial charge in [0.1, 0.15) is 0 Å². The summed E-state index contributed by atoms with van der Waals surface area (Å²) < 4.78 is 0. The summed E-state index contributed by atoms with van der Waals surface area (Å²) in [6.07, 6.45) is 1.07. The first-order chi connectivity index (χ1) is 13.7. The Bertz CT molecular complexity index is 910. The van der Waals surface area contributed by atoms with Gasteiger partial charge in [-0.3, -0.25) is 14.8 Å². The lowest BCUT2D eigenvalue weighted by atomic mass is 9.90. The Labute approximate surface area is 164 Å². The van der Waals surface area contributed by atoms with Gasteiger partial charge >= 0.3 is 0 Å². The van der Waals surface area contributed by atoms with E-state index in [2.05, 4.69) is 5.32 Å². The predicted octanol–water partition coefficient (Wildman–Crippen LogP) is 3.90. The van der Waals surface area contributed by atoms with E-state index < -0.39 is 11.8 Å². The number of hydrogen-bond acceptors (Lipinski definition) is 3. The molecule has 0 aliphatic heterocycles. The Balaban J connectivity index is 1.66. The fraction of sp³-hybridized carbons (Fsp3) is 0.130. The molecule has 0 heterocycles. The number of amides is 2. The molecule has 0 fully saturated rings. The van der Waals surface area contributed by atoms with Crippen LogP contribution in [0, 0.1) is 0 Å². The zero-order valence-electron chi connectivity index (χ0n) is 15.3. The average Bonchev–Trinajstić information content (AvgIpc) is 2.75. The number of rotatable bonds is 7. The van der Waals surface area contributed by atoms with Gasteiger partial charge < -0.3 is 5.32 Å². The maximum Gasteiger partial charge on any atom is 0.255 e. The second-order valence-electron chi connectivity index (χ2n) is 6.48. The fourth-order valence-electron chi connectivity index (χ4n) is 3.09. The molecule has 0 aromatic heterocycles. The minimum Gasteiger partial charge on any atom is -0.326 e. The van der Waals surface area contributed by atoms with Gasteiger partial charge in [-0.05, 0) is 35.2 Å². The quantitative estimate of drug-likeness (QED) is 0.434. The molecule has 1 atom stereocenters. The van der Waals surface area contributed by atoms with E-state index in [0.717, 1.165) is 16.7 Å². The zero-order chi connectivity index (χ0) is 19.8. The summed E-state index contributed by atoms with van der Waals surface area (Å²) in [5, 5.41) is 12.0. The van der Waals surface area contributed by atoms with Gasteiger partial charge in [0, 0.05) is 12.1 Å². The Morgan fingerprint density at radius 2 is 1.36 bits per heavy atom. The molecule has 0 aliphatic carbocycles. The highest BCUT2D eigenvalue weighted by Crippen LogP contribution is 2.26. The summed E-state index contributed by atoms with van der Waals surface area (Å²) >= 11 is 0. The van der Waals surface area contributed by atoms with Crippen LogP contribution in [0.2, 0.25) is 0 Å². The summed E-state index contributed by atoms with van der Waals surface area (Å²) in [7, 11) is 0. The van der Waals surface area contributed by atoms with Crippen molar-refractivity contribution in [3.05, 3.63) is 102 Å². The lowest BCUT2D eigenvalue weighted by molar-refractivity contribution is -0.129. The molecule has 0 aliphatic rings. The Morgan fingerprint density at radius 3 is 1.96 bits per heavy atom. The van der Waals surface area contributed by atoms with Crippen LogP contribution in [0.1, 0.15) is 29.0 Å². The fourth-order valence-corrected chi connectivity index (χ4v) is 3.09. The molecule has 0 spiro atoms. The minimum absolute atomic E-state index is 0.0655.